The quantitative estimate of drug-likeness (QED) is 0.232. The number of halogens is 2. The van der Waals surface area contributed by atoms with Gasteiger partial charge in [-0.15, -0.1) is 0 Å². The third kappa shape index (κ3) is 4.19. The topological polar surface area (TPSA) is 96.2 Å². The van der Waals surface area contributed by atoms with E-state index in [1.807, 2.05) is 0 Å². The molecule has 1 amide bonds. The highest BCUT2D eigenvalue weighted by atomic mass is 35.5. The monoisotopic (exact) mass is 519 g/mol. The highest BCUT2D eigenvalue weighted by molar-refractivity contribution is 7.98. The highest BCUT2D eigenvalue weighted by Crippen LogP contribution is 2.43. The first-order valence-corrected chi connectivity index (χ1v) is 12.5. The minimum atomic E-state index is -0.985. The van der Waals surface area contributed by atoms with Gasteiger partial charge in [-0.25, -0.2) is 4.90 Å². The number of rotatable bonds is 5. The van der Waals surface area contributed by atoms with E-state index in [1.165, 1.54) is 27.4 Å². The molecule has 0 aliphatic carbocycles. The van der Waals surface area contributed by atoms with Gasteiger partial charge in [-0.3, -0.25) is 19.4 Å². The third-order valence-electron chi connectivity index (χ3n) is 5.34. The number of hydrogen-bond acceptors (Lipinski definition) is 6. The van der Waals surface area contributed by atoms with Gasteiger partial charge in [0, 0.05) is 23.0 Å². The lowest BCUT2D eigenvalue weighted by Crippen LogP contribution is -2.61. The molecule has 0 radical (unpaired) electrons. The molecule has 8 nitrogen and oxygen atoms in total. The number of amides is 1. The van der Waals surface area contributed by atoms with Crippen molar-refractivity contribution in [2.75, 3.05) is 11.2 Å². The van der Waals surface area contributed by atoms with Crippen LogP contribution in [-0.4, -0.2) is 28.2 Å². The smallest absolute Gasteiger partial charge is 0.325 e. The average molecular weight is 520 g/mol. The molecule has 1 aromatic heterocycles. The van der Waals surface area contributed by atoms with Crippen LogP contribution in [0.2, 0.25) is 10.0 Å². The van der Waals surface area contributed by atoms with Crippen molar-refractivity contribution < 1.29 is 19.0 Å². The number of benzene rings is 2. The molecule has 1 N–H and O–H groups in total. The number of hydrogen-bond donors (Lipinski definition) is 1. The summed E-state index contributed by atoms with van der Waals surface area (Å²) in [6, 6.07) is 10.1. The van der Waals surface area contributed by atoms with Crippen LogP contribution in [0.1, 0.15) is 38.4 Å². The van der Waals surface area contributed by atoms with Gasteiger partial charge in [0.2, 0.25) is 11.1 Å². The van der Waals surface area contributed by atoms with Gasteiger partial charge in [0.25, 0.3) is 6.17 Å². The molecular weight excluding hydrogens is 499 g/mol. The summed E-state index contributed by atoms with van der Waals surface area (Å²) in [4.78, 5) is 43.1. The first-order valence-electron chi connectivity index (χ1n) is 10.5. The number of anilines is 1. The molecule has 1 aliphatic heterocycles. The predicted octanol–water partition coefficient (Wildman–Crippen LogP) is 4.37. The van der Waals surface area contributed by atoms with E-state index in [1.54, 1.807) is 50.4 Å². The Balaban J connectivity index is 2.12. The SMILES string of the molecule is CCC(=O)Oc1c(Cl)cc(Cl)cc1[C@H]1N(C(=O)CC)c2ccccc2-c2c(=O)[nH]c(SC)n[n+]21. The maximum atomic E-state index is 13.3. The second-order valence-corrected chi connectivity index (χ2v) is 9.04. The van der Waals surface area contributed by atoms with Crippen LogP contribution in [0.5, 0.6) is 5.75 Å². The maximum absolute atomic E-state index is 13.3. The number of nitrogens with zero attached hydrogens (tertiary/aromatic N) is 3. The van der Waals surface area contributed by atoms with Gasteiger partial charge in [0.1, 0.15) is 0 Å². The van der Waals surface area contributed by atoms with Crippen molar-refractivity contribution in [1.82, 2.24) is 10.1 Å². The molecule has 34 heavy (non-hydrogen) atoms. The number of aromatic nitrogens is 3. The number of fused-ring (bicyclic) bond motifs is 3. The van der Waals surface area contributed by atoms with E-state index in [0.29, 0.717) is 22.0 Å². The second-order valence-electron chi connectivity index (χ2n) is 7.40. The van der Waals surface area contributed by atoms with Crippen molar-refractivity contribution in [2.45, 2.75) is 38.0 Å². The fraction of sp³-hybridized carbons (Fsp3) is 0.261. The van der Waals surface area contributed by atoms with E-state index in [9.17, 15) is 14.4 Å². The number of H-pyrrole nitrogens is 1. The van der Waals surface area contributed by atoms with E-state index in [2.05, 4.69) is 10.1 Å². The van der Waals surface area contributed by atoms with E-state index in [-0.39, 0.29) is 45.8 Å². The van der Waals surface area contributed by atoms with Gasteiger partial charge in [-0.2, -0.15) is 0 Å². The van der Waals surface area contributed by atoms with Gasteiger partial charge in [-0.1, -0.05) is 60.9 Å². The Morgan fingerprint density at radius 3 is 2.62 bits per heavy atom. The average Bonchev–Trinajstić information content (AvgIpc) is 2.83. The van der Waals surface area contributed by atoms with Gasteiger partial charge in [0.15, 0.2) is 5.75 Å². The Morgan fingerprint density at radius 1 is 1.21 bits per heavy atom. The molecule has 1 atom stereocenters. The van der Waals surface area contributed by atoms with E-state index < -0.39 is 12.1 Å². The fourth-order valence-corrected chi connectivity index (χ4v) is 4.76. The number of nitrogens with one attached hydrogen (secondary N) is 1. The summed E-state index contributed by atoms with van der Waals surface area (Å²) in [5, 5.41) is 5.34. The summed E-state index contributed by atoms with van der Waals surface area (Å²) in [5.41, 5.74) is 1.27. The maximum Gasteiger partial charge on any atom is 0.325 e. The zero-order chi connectivity index (χ0) is 24.6. The van der Waals surface area contributed by atoms with Crippen LogP contribution in [0, 0.1) is 0 Å². The van der Waals surface area contributed by atoms with Crippen molar-refractivity contribution in [3.05, 3.63) is 62.4 Å². The predicted molar refractivity (Wildman–Crippen MR) is 131 cm³/mol. The van der Waals surface area contributed by atoms with Crippen molar-refractivity contribution >= 4 is 52.5 Å². The molecule has 0 spiro atoms. The van der Waals surface area contributed by atoms with Crippen LogP contribution in [0.25, 0.3) is 11.3 Å². The molecule has 4 rings (SSSR count). The molecule has 3 aromatic rings. The summed E-state index contributed by atoms with van der Waals surface area (Å²) < 4.78 is 7.05. The molecule has 2 heterocycles. The number of thioether (sulfide) groups is 1. The van der Waals surface area contributed by atoms with Crippen LogP contribution < -0.4 is 19.9 Å². The summed E-state index contributed by atoms with van der Waals surface area (Å²) in [6.07, 6.45) is 1.08. The molecule has 176 valence electrons. The first-order chi connectivity index (χ1) is 16.3. The Bertz CT molecular complexity index is 1360. The van der Waals surface area contributed by atoms with E-state index >= 15 is 0 Å². The molecular formula is C23H21Cl2N4O4S+. The van der Waals surface area contributed by atoms with Crippen molar-refractivity contribution in [1.29, 1.82) is 0 Å². The van der Waals surface area contributed by atoms with Crippen LogP contribution in [0.15, 0.2) is 46.3 Å². The van der Waals surface area contributed by atoms with Gasteiger partial charge in [-0.05, 0) is 35.2 Å². The number of aromatic amines is 1. The van der Waals surface area contributed by atoms with E-state index in [4.69, 9.17) is 27.9 Å². The highest BCUT2D eigenvalue weighted by Gasteiger charge is 2.47. The number of ether oxygens (including phenoxy) is 1. The van der Waals surface area contributed by atoms with Gasteiger partial charge in [0.05, 0.1) is 21.8 Å². The molecule has 0 unspecified atom stereocenters. The number of esters is 1. The number of para-hydroxylation sites is 1. The van der Waals surface area contributed by atoms with Crippen LogP contribution in [0.4, 0.5) is 5.69 Å². The lowest BCUT2D eigenvalue weighted by atomic mass is 10.0. The Morgan fingerprint density at radius 2 is 1.94 bits per heavy atom. The zero-order valence-corrected chi connectivity index (χ0v) is 20.9. The van der Waals surface area contributed by atoms with Crippen LogP contribution >= 0.6 is 35.0 Å². The summed E-state index contributed by atoms with van der Waals surface area (Å²) in [5.74, 6) is -0.682. The Kier molecular flexibility index (Phi) is 6.97. The lowest BCUT2D eigenvalue weighted by Gasteiger charge is -2.32. The molecule has 1 aliphatic rings. The summed E-state index contributed by atoms with van der Waals surface area (Å²) in [6.45, 7) is 3.40. The van der Waals surface area contributed by atoms with Crippen molar-refractivity contribution in [3.63, 3.8) is 0 Å². The lowest BCUT2D eigenvalue weighted by molar-refractivity contribution is -0.763. The minimum Gasteiger partial charge on any atom is -0.424 e. The zero-order valence-electron chi connectivity index (χ0n) is 18.6. The Labute approximate surface area is 209 Å². The first kappa shape index (κ1) is 24.3. The molecule has 2 aromatic carbocycles. The molecule has 0 saturated heterocycles. The third-order valence-corrected chi connectivity index (χ3v) is 6.41. The largest absolute Gasteiger partial charge is 0.424 e. The fourth-order valence-electron chi connectivity index (χ4n) is 3.85. The Hall–Kier alpha value is -2.88. The van der Waals surface area contributed by atoms with Crippen LogP contribution in [0.3, 0.4) is 0 Å². The minimum absolute atomic E-state index is 0.0578. The van der Waals surface area contributed by atoms with Gasteiger partial charge < -0.3 is 4.74 Å². The standard InChI is InChI=1S/C23H20Cl2N4O4S/c1-4-17(30)28-16-9-7-6-8-13(16)19-21(32)26-23(34-3)27-29(19)22(28)14-10-12(24)11-15(25)20(14)33-18(31)5-2/h6-11,22H,4-5H2,1-3H3/p+1/t22-/m0/s1. The van der Waals surface area contributed by atoms with Crippen molar-refractivity contribution in [2.24, 2.45) is 0 Å². The van der Waals surface area contributed by atoms with Crippen molar-refractivity contribution in [3.8, 4) is 17.0 Å². The molecule has 0 bridgehead atoms. The normalized spacial score (nSPS) is 14.4. The second kappa shape index (κ2) is 9.77. The number of carbonyl (C=O) groups is 2. The summed E-state index contributed by atoms with van der Waals surface area (Å²) in [7, 11) is 0. The van der Waals surface area contributed by atoms with E-state index in [0.717, 1.165) is 0 Å². The molecule has 0 saturated carbocycles. The van der Waals surface area contributed by atoms with Gasteiger partial charge >= 0.3 is 17.2 Å². The summed E-state index contributed by atoms with van der Waals surface area (Å²) >= 11 is 14.1. The van der Waals surface area contributed by atoms with Crippen LogP contribution in [-0.2, 0) is 9.59 Å². The number of carbonyl (C=O) groups excluding carboxylic acids is 2. The molecule has 0 fully saturated rings. The molecule has 11 heteroatoms.